The predicted molar refractivity (Wildman–Crippen MR) is 54.5 cm³/mol. The molecule has 1 aromatic heterocycles. The van der Waals surface area contributed by atoms with E-state index < -0.39 is 18.1 Å². The summed E-state index contributed by atoms with van der Waals surface area (Å²) >= 11 is 5.62. The van der Waals surface area contributed by atoms with Gasteiger partial charge in [0.15, 0.2) is 0 Å². The van der Waals surface area contributed by atoms with E-state index in [-0.39, 0.29) is 23.6 Å². The van der Waals surface area contributed by atoms with Crippen molar-refractivity contribution in [1.82, 2.24) is 4.98 Å². The Morgan fingerprint density at radius 2 is 2.31 bits per heavy atom. The van der Waals surface area contributed by atoms with Crippen molar-refractivity contribution in [3.05, 3.63) is 28.5 Å². The van der Waals surface area contributed by atoms with Gasteiger partial charge in [0.2, 0.25) is 0 Å². The topological polar surface area (TPSA) is 39.2 Å². The number of carbonyl (C=O) groups excluding carboxylic acids is 1. The van der Waals surface area contributed by atoms with Crippen LogP contribution in [0.5, 0.6) is 0 Å². The number of hydrogen-bond acceptors (Lipinski definition) is 3. The van der Waals surface area contributed by atoms with Crippen LogP contribution in [0.1, 0.15) is 24.6 Å². The van der Waals surface area contributed by atoms with Crippen molar-refractivity contribution < 1.29 is 18.3 Å². The van der Waals surface area contributed by atoms with Gasteiger partial charge in [-0.05, 0) is 18.6 Å². The normalized spacial score (nSPS) is 10.6. The number of aromatic nitrogens is 1. The Morgan fingerprint density at radius 3 is 2.88 bits per heavy atom. The quantitative estimate of drug-likeness (QED) is 0.771. The van der Waals surface area contributed by atoms with Gasteiger partial charge >= 0.3 is 5.97 Å². The zero-order valence-electron chi connectivity index (χ0n) is 8.54. The van der Waals surface area contributed by atoms with Crippen LogP contribution in [0.3, 0.4) is 0 Å². The van der Waals surface area contributed by atoms with Gasteiger partial charge in [-0.3, -0.25) is 9.78 Å². The number of rotatable bonds is 4. The lowest BCUT2D eigenvalue weighted by Gasteiger charge is -2.07. The summed E-state index contributed by atoms with van der Waals surface area (Å²) in [6.45, 7) is 1.85. The third-order valence-corrected chi connectivity index (χ3v) is 2.02. The van der Waals surface area contributed by atoms with Crippen LogP contribution in [-0.2, 0) is 16.0 Å². The molecule has 1 heterocycles. The molecule has 0 aliphatic heterocycles. The van der Waals surface area contributed by atoms with Crippen molar-refractivity contribution in [2.75, 3.05) is 6.61 Å². The van der Waals surface area contributed by atoms with Gasteiger partial charge in [0, 0.05) is 6.20 Å². The summed E-state index contributed by atoms with van der Waals surface area (Å²) in [6, 6.07) is 1.30. The molecule has 3 nitrogen and oxygen atoms in total. The minimum Gasteiger partial charge on any atom is -0.466 e. The maximum absolute atomic E-state index is 12.5. The largest absolute Gasteiger partial charge is 0.466 e. The van der Waals surface area contributed by atoms with Crippen molar-refractivity contribution in [1.29, 1.82) is 0 Å². The van der Waals surface area contributed by atoms with Crippen LogP contribution in [0.15, 0.2) is 12.3 Å². The molecule has 0 unspecified atom stereocenters. The summed E-state index contributed by atoms with van der Waals surface area (Å²) in [4.78, 5) is 14.7. The molecular weight excluding hydrogens is 240 g/mol. The molecule has 0 saturated carbocycles. The van der Waals surface area contributed by atoms with Crippen LogP contribution in [0.2, 0.25) is 5.02 Å². The van der Waals surface area contributed by atoms with Gasteiger partial charge in [0.25, 0.3) is 6.43 Å². The van der Waals surface area contributed by atoms with Crippen LogP contribution in [0.4, 0.5) is 8.78 Å². The lowest BCUT2D eigenvalue weighted by Crippen LogP contribution is -2.10. The smallest absolute Gasteiger partial charge is 0.310 e. The third kappa shape index (κ3) is 3.41. The molecule has 1 aromatic rings. The van der Waals surface area contributed by atoms with Gasteiger partial charge in [0.05, 0.1) is 18.1 Å². The Labute approximate surface area is 96.4 Å². The molecule has 0 spiro atoms. The van der Waals surface area contributed by atoms with E-state index in [0.29, 0.717) is 0 Å². The first-order valence-corrected chi connectivity index (χ1v) is 5.00. The Bertz CT molecular complexity index is 385. The zero-order chi connectivity index (χ0) is 12.1. The molecule has 1 rings (SSSR count). The van der Waals surface area contributed by atoms with Crippen molar-refractivity contribution >= 4 is 17.6 Å². The molecule has 0 aliphatic rings. The van der Waals surface area contributed by atoms with E-state index in [1.807, 2.05) is 0 Å². The van der Waals surface area contributed by atoms with Crippen molar-refractivity contribution in [2.24, 2.45) is 0 Å². The average Bonchev–Trinajstić information content (AvgIpc) is 2.17. The number of ether oxygens (including phenoxy) is 1. The van der Waals surface area contributed by atoms with Gasteiger partial charge in [-0.25, -0.2) is 8.78 Å². The summed E-state index contributed by atoms with van der Waals surface area (Å²) in [5.74, 6) is -0.575. The molecule has 0 radical (unpaired) electrons. The van der Waals surface area contributed by atoms with Crippen LogP contribution in [0, 0.1) is 0 Å². The van der Waals surface area contributed by atoms with E-state index in [1.54, 1.807) is 6.92 Å². The van der Waals surface area contributed by atoms with E-state index in [9.17, 15) is 13.6 Å². The van der Waals surface area contributed by atoms with Crippen molar-refractivity contribution in [3.63, 3.8) is 0 Å². The Kier molecular flexibility index (Phi) is 4.61. The first-order valence-electron chi connectivity index (χ1n) is 4.62. The monoisotopic (exact) mass is 249 g/mol. The lowest BCUT2D eigenvalue weighted by molar-refractivity contribution is -0.142. The Morgan fingerprint density at radius 1 is 1.62 bits per heavy atom. The van der Waals surface area contributed by atoms with E-state index in [4.69, 9.17) is 11.6 Å². The van der Waals surface area contributed by atoms with Crippen LogP contribution >= 0.6 is 11.6 Å². The van der Waals surface area contributed by atoms with Crippen molar-refractivity contribution in [3.8, 4) is 0 Å². The number of halogens is 3. The maximum atomic E-state index is 12.5. The fraction of sp³-hybridized carbons (Fsp3) is 0.400. The average molecular weight is 250 g/mol. The highest BCUT2D eigenvalue weighted by molar-refractivity contribution is 6.30. The first-order chi connectivity index (χ1) is 7.54. The van der Waals surface area contributed by atoms with Gasteiger partial charge < -0.3 is 4.74 Å². The molecule has 0 fully saturated rings. The molecule has 88 valence electrons. The molecule has 0 bridgehead atoms. The van der Waals surface area contributed by atoms with Crippen LogP contribution < -0.4 is 0 Å². The second-order valence-corrected chi connectivity index (χ2v) is 3.42. The van der Waals surface area contributed by atoms with E-state index in [1.165, 1.54) is 6.07 Å². The standard InChI is InChI=1S/C10H10ClF2NO2/c1-2-16-8(15)4-6-3-7(11)5-14-9(6)10(12)13/h3,5,10H,2,4H2,1H3. The van der Waals surface area contributed by atoms with Crippen LogP contribution in [-0.4, -0.2) is 17.6 Å². The number of pyridine rings is 1. The summed E-state index contributed by atoms with van der Waals surface area (Å²) in [5.41, 5.74) is -0.335. The predicted octanol–water partition coefficient (Wildman–Crippen LogP) is 2.78. The Hall–Kier alpha value is -1.23. The maximum Gasteiger partial charge on any atom is 0.310 e. The molecule has 16 heavy (non-hydrogen) atoms. The molecule has 0 aliphatic carbocycles. The zero-order valence-corrected chi connectivity index (χ0v) is 9.30. The minimum absolute atomic E-state index is 0.0981. The summed E-state index contributed by atoms with van der Waals surface area (Å²) in [5, 5.41) is 0.212. The lowest BCUT2D eigenvalue weighted by atomic mass is 10.1. The van der Waals surface area contributed by atoms with E-state index >= 15 is 0 Å². The second kappa shape index (κ2) is 5.75. The summed E-state index contributed by atoms with van der Waals surface area (Å²) in [6.07, 6.45) is -1.86. The fourth-order valence-electron chi connectivity index (χ4n) is 1.20. The molecule has 0 aromatic carbocycles. The first kappa shape index (κ1) is 12.8. The summed E-state index contributed by atoms with van der Waals surface area (Å²) < 4.78 is 29.7. The number of carbonyl (C=O) groups is 1. The third-order valence-electron chi connectivity index (χ3n) is 1.81. The van der Waals surface area contributed by atoms with E-state index in [0.717, 1.165) is 6.20 Å². The fourth-order valence-corrected chi connectivity index (χ4v) is 1.38. The number of hydrogen-bond donors (Lipinski definition) is 0. The highest BCUT2D eigenvalue weighted by atomic mass is 35.5. The number of alkyl halides is 2. The minimum atomic E-state index is -2.73. The highest BCUT2D eigenvalue weighted by Gasteiger charge is 2.17. The van der Waals surface area contributed by atoms with Gasteiger partial charge in [-0.1, -0.05) is 11.6 Å². The summed E-state index contributed by atoms with van der Waals surface area (Å²) in [7, 11) is 0. The van der Waals surface area contributed by atoms with Gasteiger partial charge in [-0.15, -0.1) is 0 Å². The number of esters is 1. The van der Waals surface area contributed by atoms with Crippen molar-refractivity contribution in [2.45, 2.75) is 19.8 Å². The molecule has 6 heteroatoms. The molecule has 0 N–H and O–H groups in total. The Balaban J connectivity index is 2.92. The SMILES string of the molecule is CCOC(=O)Cc1cc(Cl)cnc1C(F)F. The highest BCUT2D eigenvalue weighted by Crippen LogP contribution is 2.23. The van der Waals surface area contributed by atoms with Gasteiger partial charge in [0.1, 0.15) is 5.69 Å². The molecule has 0 atom stereocenters. The van der Waals surface area contributed by atoms with Gasteiger partial charge in [-0.2, -0.15) is 0 Å². The number of nitrogens with zero attached hydrogens (tertiary/aromatic N) is 1. The molecule has 0 saturated heterocycles. The van der Waals surface area contributed by atoms with Crippen LogP contribution in [0.25, 0.3) is 0 Å². The molecule has 0 amide bonds. The second-order valence-electron chi connectivity index (χ2n) is 2.98. The van der Waals surface area contributed by atoms with E-state index in [2.05, 4.69) is 9.72 Å². The molecular formula is C10H10ClF2NO2.